The van der Waals surface area contributed by atoms with E-state index in [1.54, 1.807) is 12.1 Å². The van der Waals surface area contributed by atoms with Crippen LogP contribution in [0.4, 0.5) is 4.79 Å². The summed E-state index contributed by atoms with van der Waals surface area (Å²) in [6.45, 7) is 2.91. The summed E-state index contributed by atoms with van der Waals surface area (Å²) in [6.07, 6.45) is 0.831. The van der Waals surface area contributed by atoms with Gasteiger partial charge in [-0.3, -0.25) is 4.89 Å². The second kappa shape index (κ2) is 11.3. The Balaban J connectivity index is 2.12. The molecular formula is C15H20O8. The van der Waals surface area contributed by atoms with Crippen molar-refractivity contribution < 1.29 is 38.6 Å². The van der Waals surface area contributed by atoms with E-state index in [2.05, 4.69) is 19.6 Å². The number of benzene rings is 1. The molecule has 0 bridgehead atoms. The summed E-state index contributed by atoms with van der Waals surface area (Å²) in [6, 6.07) is 6.08. The van der Waals surface area contributed by atoms with Crippen LogP contribution in [0.3, 0.4) is 0 Å². The van der Waals surface area contributed by atoms with Crippen molar-refractivity contribution in [2.45, 2.75) is 19.8 Å². The summed E-state index contributed by atoms with van der Waals surface area (Å²) in [7, 11) is 1.50. The molecule has 1 aromatic rings. The van der Waals surface area contributed by atoms with Gasteiger partial charge in [-0.2, -0.15) is 0 Å². The molecule has 128 valence electrons. The van der Waals surface area contributed by atoms with Crippen molar-refractivity contribution in [1.82, 2.24) is 0 Å². The lowest BCUT2D eigenvalue weighted by atomic mass is 10.2. The molecule has 0 radical (unpaired) electrons. The fourth-order valence-electron chi connectivity index (χ4n) is 1.41. The molecule has 0 saturated heterocycles. The number of methoxy groups -OCH3 is 1. The largest absolute Gasteiger partial charge is 0.543 e. The van der Waals surface area contributed by atoms with Gasteiger partial charge in [-0.05, 0) is 30.7 Å². The van der Waals surface area contributed by atoms with Gasteiger partial charge in [0.1, 0.15) is 12.4 Å². The fraction of sp³-hybridized carbons (Fsp3) is 0.467. The van der Waals surface area contributed by atoms with Crippen LogP contribution in [0.5, 0.6) is 5.75 Å². The van der Waals surface area contributed by atoms with Gasteiger partial charge in [0.2, 0.25) is 0 Å². The highest BCUT2D eigenvalue weighted by molar-refractivity contribution is 5.89. The molecule has 0 atom stereocenters. The zero-order chi connectivity index (χ0) is 16.9. The Morgan fingerprint density at radius 1 is 1.00 bits per heavy atom. The van der Waals surface area contributed by atoms with Crippen LogP contribution in [0.2, 0.25) is 0 Å². The van der Waals surface area contributed by atoms with E-state index in [-0.39, 0.29) is 18.8 Å². The minimum absolute atomic E-state index is 0.0122. The quantitative estimate of drug-likeness (QED) is 0.280. The van der Waals surface area contributed by atoms with Gasteiger partial charge in [0, 0.05) is 6.61 Å². The molecule has 23 heavy (non-hydrogen) atoms. The maximum absolute atomic E-state index is 11.5. The summed E-state index contributed by atoms with van der Waals surface area (Å²) < 4.78 is 14.7. The third kappa shape index (κ3) is 8.03. The molecule has 0 fully saturated rings. The number of carbonyl (C=O) groups is 2. The molecule has 0 saturated carbocycles. The smallest absolute Gasteiger partial charge is 0.497 e. The van der Waals surface area contributed by atoms with E-state index in [0.29, 0.717) is 12.4 Å². The molecule has 0 N–H and O–H groups in total. The number of hydrogen-bond acceptors (Lipinski definition) is 8. The normalized spacial score (nSPS) is 10.0. The van der Waals surface area contributed by atoms with E-state index in [4.69, 9.17) is 9.47 Å². The van der Waals surface area contributed by atoms with Crippen molar-refractivity contribution in [1.29, 1.82) is 0 Å². The SMILES string of the molecule is CCCCOCCOC(=O)OOOC(=O)c1ccc(OC)cc1. The van der Waals surface area contributed by atoms with E-state index >= 15 is 0 Å². The van der Waals surface area contributed by atoms with Gasteiger partial charge in [-0.25, -0.2) is 14.5 Å². The Kier molecular flexibility index (Phi) is 9.18. The molecule has 0 aromatic heterocycles. The van der Waals surface area contributed by atoms with Crippen LogP contribution in [0, 0.1) is 0 Å². The Morgan fingerprint density at radius 3 is 2.39 bits per heavy atom. The number of hydrogen-bond donors (Lipinski definition) is 0. The number of carbonyl (C=O) groups excluding carboxylic acids is 2. The van der Waals surface area contributed by atoms with Gasteiger partial charge < -0.3 is 14.2 Å². The molecule has 1 rings (SSSR count). The van der Waals surface area contributed by atoms with E-state index in [0.717, 1.165) is 12.8 Å². The lowest BCUT2D eigenvalue weighted by Gasteiger charge is -2.05. The van der Waals surface area contributed by atoms with Gasteiger partial charge in [0.15, 0.2) is 0 Å². The first-order valence-electron chi connectivity index (χ1n) is 7.11. The maximum atomic E-state index is 11.5. The second-order valence-corrected chi connectivity index (χ2v) is 4.32. The van der Waals surface area contributed by atoms with Crippen molar-refractivity contribution in [2.24, 2.45) is 0 Å². The van der Waals surface area contributed by atoms with Crippen LogP contribution in [0.25, 0.3) is 0 Å². The predicted octanol–water partition coefficient (Wildman–Crippen LogP) is 2.67. The van der Waals surface area contributed by atoms with Gasteiger partial charge in [-0.15, -0.1) is 0 Å². The van der Waals surface area contributed by atoms with Crippen molar-refractivity contribution in [2.75, 3.05) is 26.9 Å². The number of unbranched alkanes of at least 4 members (excludes halogenated alkanes) is 1. The highest BCUT2D eigenvalue weighted by Crippen LogP contribution is 2.12. The first kappa shape index (κ1) is 18.7. The lowest BCUT2D eigenvalue weighted by molar-refractivity contribution is -0.452. The number of ether oxygens (including phenoxy) is 3. The summed E-state index contributed by atoms with van der Waals surface area (Å²) in [5.41, 5.74) is 0.201. The lowest BCUT2D eigenvalue weighted by Crippen LogP contribution is -2.14. The van der Waals surface area contributed by atoms with E-state index in [1.165, 1.54) is 19.2 Å². The van der Waals surface area contributed by atoms with Crippen molar-refractivity contribution >= 4 is 12.1 Å². The predicted molar refractivity (Wildman–Crippen MR) is 77.7 cm³/mol. The van der Waals surface area contributed by atoms with Crippen LogP contribution in [0.1, 0.15) is 30.1 Å². The standard InChI is InChI=1S/C15H20O8/c1-3-4-9-19-10-11-20-15(17)22-23-21-14(16)12-5-7-13(18-2)8-6-12/h5-8H,3-4,9-11H2,1-2H3. The van der Waals surface area contributed by atoms with Gasteiger partial charge >= 0.3 is 12.1 Å². The topological polar surface area (TPSA) is 89.5 Å². The Hall–Kier alpha value is -2.32. The average molecular weight is 328 g/mol. The summed E-state index contributed by atoms with van der Waals surface area (Å²) in [5.74, 6) is -0.244. The van der Waals surface area contributed by atoms with Crippen LogP contribution in [-0.4, -0.2) is 39.1 Å². The maximum Gasteiger partial charge on any atom is 0.543 e. The molecule has 8 nitrogen and oxygen atoms in total. The summed E-state index contributed by atoms with van der Waals surface area (Å²) in [5, 5.41) is 4.07. The molecule has 1 aromatic carbocycles. The first-order valence-corrected chi connectivity index (χ1v) is 7.11. The molecule has 0 unspecified atom stereocenters. The Labute approximate surface area is 134 Å². The summed E-state index contributed by atoms with van der Waals surface area (Å²) in [4.78, 5) is 31.1. The molecule has 8 heteroatoms. The molecule has 0 heterocycles. The average Bonchev–Trinajstić information content (AvgIpc) is 2.58. The minimum atomic E-state index is -1.13. The highest BCUT2D eigenvalue weighted by Gasteiger charge is 2.12. The Bertz CT molecular complexity index is 471. The number of rotatable bonds is 10. The van der Waals surface area contributed by atoms with Gasteiger partial charge in [-0.1, -0.05) is 13.3 Å². The minimum Gasteiger partial charge on any atom is -0.497 e. The van der Waals surface area contributed by atoms with Crippen LogP contribution < -0.4 is 4.74 Å². The van der Waals surface area contributed by atoms with Gasteiger partial charge in [0.25, 0.3) is 0 Å². The van der Waals surface area contributed by atoms with E-state index < -0.39 is 12.1 Å². The molecule has 0 aliphatic carbocycles. The van der Waals surface area contributed by atoms with Crippen LogP contribution in [0.15, 0.2) is 24.3 Å². The third-order valence-electron chi connectivity index (χ3n) is 2.63. The molecule has 0 aliphatic rings. The molecular weight excluding hydrogens is 308 g/mol. The van der Waals surface area contributed by atoms with E-state index in [9.17, 15) is 9.59 Å². The second-order valence-electron chi connectivity index (χ2n) is 4.32. The zero-order valence-corrected chi connectivity index (χ0v) is 13.1. The van der Waals surface area contributed by atoms with Crippen molar-refractivity contribution in [3.8, 4) is 5.75 Å². The van der Waals surface area contributed by atoms with Gasteiger partial charge in [0.05, 0.1) is 24.3 Å². The molecule has 0 amide bonds. The molecule has 0 spiro atoms. The van der Waals surface area contributed by atoms with Crippen LogP contribution in [-0.2, 0) is 24.3 Å². The molecule has 0 aliphatic heterocycles. The van der Waals surface area contributed by atoms with E-state index in [1.807, 2.05) is 6.92 Å². The fourth-order valence-corrected chi connectivity index (χ4v) is 1.41. The van der Waals surface area contributed by atoms with Crippen molar-refractivity contribution in [3.05, 3.63) is 29.8 Å². The highest BCUT2D eigenvalue weighted by atomic mass is 17.5. The summed E-state index contributed by atoms with van der Waals surface area (Å²) >= 11 is 0. The zero-order valence-electron chi connectivity index (χ0n) is 13.1. The van der Waals surface area contributed by atoms with Crippen LogP contribution >= 0.6 is 0 Å². The van der Waals surface area contributed by atoms with Crippen molar-refractivity contribution in [3.63, 3.8) is 0 Å². The monoisotopic (exact) mass is 328 g/mol. The Morgan fingerprint density at radius 2 is 1.74 bits per heavy atom. The first-order chi connectivity index (χ1) is 11.2. The third-order valence-corrected chi connectivity index (χ3v) is 2.63.